The van der Waals surface area contributed by atoms with Gasteiger partial charge in [-0.1, -0.05) is 60.1 Å². The lowest BCUT2D eigenvalue weighted by Crippen LogP contribution is -2.31. The number of halogens is 1. The van der Waals surface area contributed by atoms with E-state index < -0.39 is 5.60 Å². The molecule has 0 amide bonds. The third kappa shape index (κ3) is 3.66. The number of likely N-dealkylation sites (tertiary alicyclic amines) is 1. The number of nitrogens with zero attached hydrogens (tertiary/aromatic N) is 1. The lowest BCUT2D eigenvalue weighted by molar-refractivity contribution is -0.0116. The topological polar surface area (TPSA) is 12.5 Å². The summed E-state index contributed by atoms with van der Waals surface area (Å²) < 4.78 is 6.48. The van der Waals surface area contributed by atoms with E-state index in [1.807, 2.05) is 24.3 Å². The molecule has 2 aromatic rings. The first-order valence-corrected chi connectivity index (χ1v) is 9.14. The van der Waals surface area contributed by atoms with E-state index in [-0.39, 0.29) is 0 Å². The summed E-state index contributed by atoms with van der Waals surface area (Å²) >= 11 is 6.50. The van der Waals surface area contributed by atoms with Crippen molar-refractivity contribution in [1.82, 2.24) is 4.90 Å². The molecule has 0 aromatic heterocycles. The molecule has 2 nitrogen and oxygen atoms in total. The molecule has 128 valence electrons. The van der Waals surface area contributed by atoms with Crippen molar-refractivity contribution in [3.63, 3.8) is 0 Å². The van der Waals surface area contributed by atoms with Crippen molar-refractivity contribution < 1.29 is 4.74 Å². The van der Waals surface area contributed by atoms with Crippen LogP contribution < -0.4 is 0 Å². The molecule has 2 atom stereocenters. The van der Waals surface area contributed by atoms with Gasteiger partial charge in [0.05, 0.1) is 0 Å². The van der Waals surface area contributed by atoms with Gasteiger partial charge in [-0.05, 0) is 51.4 Å². The maximum atomic E-state index is 6.50. The van der Waals surface area contributed by atoms with Crippen LogP contribution in [0.2, 0.25) is 5.02 Å². The van der Waals surface area contributed by atoms with E-state index in [2.05, 4.69) is 49.2 Å². The molecule has 1 unspecified atom stereocenters. The second-order valence-electron chi connectivity index (χ2n) is 6.79. The number of hydrogen-bond acceptors (Lipinski definition) is 2. The van der Waals surface area contributed by atoms with Crippen molar-refractivity contribution >= 4 is 11.6 Å². The summed E-state index contributed by atoms with van der Waals surface area (Å²) in [6.45, 7) is 4.05. The van der Waals surface area contributed by atoms with Crippen LogP contribution in [-0.4, -0.2) is 31.1 Å². The molecule has 3 heteroatoms. The molecule has 2 aromatic carbocycles. The van der Waals surface area contributed by atoms with E-state index in [0.717, 1.165) is 29.2 Å². The van der Waals surface area contributed by atoms with Crippen LogP contribution >= 0.6 is 11.6 Å². The molecule has 3 rings (SSSR count). The standard InChI is InChI=1S/C21H26ClNO/c1-21(17-9-4-3-5-10-17,19-12-6-7-13-20(19)22)24-16-14-18-11-8-15-23(18)2/h3-7,9-10,12-13,18H,8,11,14-16H2,1-2H3/t18-,21?/m1/s1. The highest BCUT2D eigenvalue weighted by Crippen LogP contribution is 2.37. The lowest BCUT2D eigenvalue weighted by Gasteiger charge is -2.33. The molecule has 0 N–H and O–H groups in total. The van der Waals surface area contributed by atoms with Gasteiger partial charge in [-0.3, -0.25) is 0 Å². The lowest BCUT2D eigenvalue weighted by atomic mass is 9.87. The molecule has 1 heterocycles. The van der Waals surface area contributed by atoms with Crippen LogP contribution in [0.25, 0.3) is 0 Å². The zero-order valence-electron chi connectivity index (χ0n) is 14.5. The van der Waals surface area contributed by atoms with Crippen LogP contribution in [0.15, 0.2) is 54.6 Å². The zero-order valence-corrected chi connectivity index (χ0v) is 15.3. The molecule has 1 aliphatic rings. The zero-order chi connectivity index (χ0) is 17.0. The van der Waals surface area contributed by atoms with Crippen LogP contribution in [0, 0.1) is 0 Å². The van der Waals surface area contributed by atoms with Crippen molar-refractivity contribution in [3.8, 4) is 0 Å². The Morgan fingerprint density at radius 1 is 1.12 bits per heavy atom. The van der Waals surface area contributed by atoms with Crippen molar-refractivity contribution in [2.24, 2.45) is 0 Å². The molecule has 0 bridgehead atoms. The summed E-state index contributed by atoms with van der Waals surface area (Å²) in [7, 11) is 2.21. The van der Waals surface area contributed by atoms with Gasteiger partial charge in [0.2, 0.25) is 0 Å². The fraction of sp³-hybridized carbons (Fsp3) is 0.429. The SMILES string of the molecule is CN1CCC[C@@H]1CCOC(C)(c1ccccc1)c1ccccc1Cl. The molecule has 24 heavy (non-hydrogen) atoms. The predicted molar refractivity (Wildman–Crippen MR) is 101 cm³/mol. The van der Waals surface area contributed by atoms with Gasteiger partial charge in [0.1, 0.15) is 5.60 Å². The molecule has 1 saturated heterocycles. The summed E-state index contributed by atoms with van der Waals surface area (Å²) in [6.07, 6.45) is 3.62. The Morgan fingerprint density at radius 2 is 1.83 bits per heavy atom. The van der Waals surface area contributed by atoms with Crippen LogP contribution in [-0.2, 0) is 10.3 Å². The van der Waals surface area contributed by atoms with Gasteiger partial charge in [-0.2, -0.15) is 0 Å². The Bertz CT molecular complexity index is 660. The van der Waals surface area contributed by atoms with Gasteiger partial charge in [0.25, 0.3) is 0 Å². The fourth-order valence-electron chi connectivity index (χ4n) is 3.66. The molecule has 0 spiro atoms. The minimum absolute atomic E-state index is 0.531. The first-order valence-electron chi connectivity index (χ1n) is 8.76. The summed E-state index contributed by atoms with van der Waals surface area (Å²) in [5.41, 5.74) is 1.63. The van der Waals surface area contributed by atoms with Crippen molar-refractivity contribution in [1.29, 1.82) is 0 Å². The first-order chi connectivity index (χ1) is 11.6. The predicted octanol–water partition coefficient (Wildman–Crippen LogP) is 5.10. The highest BCUT2D eigenvalue weighted by Gasteiger charge is 2.32. The van der Waals surface area contributed by atoms with E-state index in [0.29, 0.717) is 6.04 Å². The number of benzene rings is 2. The largest absolute Gasteiger partial charge is 0.366 e. The first kappa shape index (κ1) is 17.5. The van der Waals surface area contributed by atoms with E-state index >= 15 is 0 Å². The highest BCUT2D eigenvalue weighted by atomic mass is 35.5. The molecule has 1 aliphatic heterocycles. The molecule has 0 aliphatic carbocycles. The summed E-state index contributed by atoms with van der Waals surface area (Å²) in [5.74, 6) is 0. The van der Waals surface area contributed by atoms with Crippen molar-refractivity contribution in [3.05, 3.63) is 70.7 Å². The van der Waals surface area contributed by atoms with E-state index in [1.54, 1.807) is 0 Å². The average Bonchev–Trinajstić information content (AvgIpc) is 3.01. The Labute approximate surface area is 150 Å². The minimum atomic E-state index is -0.531. The van der Waals surface area contributed by atoms with Crippen molar-refractivity contribution in [2.75, 3.05) is 20.2 Å². The maximum absolute atomic E-state index is 6.50. The second-order valence-corrected chi connectivity index (χ2v) is 7.20. The summed E-state index contributed by atoms with van der Waals surface area (Å²) in [6, 6.07) is 19.0. The minimum Gasteiger partial charge on any atom is -0.366 e. The van der Waals surface area contributed by atoms with Gasteiger partial charge in [0, 0.05) is 23.2 Å². The van der Waals surface area contributed by atoms with Gasteiger partial charge in [0.15, 0.2) is 0 Å². The molecule has 0 radical (unpaired) electrons. The second kappa shape index (κ2) is 7.69. The van der Waals surface area contributed by atoms with E-state index in [1.165, 1.54) is 19.4 Å². The maximum Gasteiger partial charge on any atom is 0.117 e. The Kier molecular flexibility index (Phi) is 5.60. The molecular formula is C21H26ClNO. The third-order valence-corrected chi connectivity index (χ3v) is 5.56. The smallest absolute Gasteiger partial charge is 0.117 e. The van der Waals surface area contributed by atoms with Crippen LogP contribution in [0.4, 0.5) is 0 Å². The Balaban J connectivity index is 1.82. The summed E-state index contributed by atoms with van der Waals surface area (Å²) in [5, 5.41) is 0.752. The normalized spacial score (nSPS) is 20.9. The van der Waals surface area contributed by atoms with Gasteiger partial charge >= 0.3 is 0 Å². The number of ether oxygens (including phenoxy) is 1. The van der Waals surface area contributed by atoms with Crippen molar-refractivity contribution in [2.45, 2.75) is 37.8 Å². The molecule has 0 saturated carbocycles. The quantitative estimate of drug-likeness (QED) is 0.723. The fourth-order valence-corrected chi connectivity index (χ4v) is 3.98. The molecule has 1 fully saturated rings. The number of rotatable bonds is 6. The molecular weight excluding hydrogens is 318 g/mol. The van der Waals surface area contributed by atoms with E-state index in [9.17, 15) is 0 Å². The monoisotopic (exact) mass is 343 g/mol. The van der Waals surface area contributed by atoms with Gasteiger partial charge in [-0.25, -0.2) is 0 Å². The Hall–Kier alpha value is -1.35. The van der Waals surface area contributed by atoms with Gasteiger partial charge < -0.3 is 9.64 Å². The van der Waals surface area contributed by atoms with Crippen LogP contribution in [0.3, 0.4) is 0 Å². The summed E-state index contributed by atoms with van der Waals surface area (Å²) in [4.78, 5) is 2.44. The Morgan fingerprint density at radius 3 is 2.50 bits per heavy atom. The highest BCUT2D eigenvalue weighted by molar-refractivity contribution is 6.31. The van der Waals surface area contributed by atoms with Crippen LogP contribution in [0.1, 0.15) is 37.3 Å². The van der Waals surface area contributed by atoms with E-state index in [4.69, 9.17) is 16.3 Å². The van der Waals surface area contributed by atoms with Gasteiger partial charge in [-0.15, -0.1) is 0 Å². The third-order valence-electron chi connectivity index (χ3n) is 5.23. The van der Waals surface area contributed by atoms with Crippen LogP contribution in [0.5, 0.6) is 0 Å². The average molecular weight is 344 g/mol. The number of hydrogen-bond donors (Lipinski definition) is 0.